The molecule has 0 amide bonds. The van der Waals surface area contributed by atoms with Crippen LogP contribution >= 0.6 is 0 Å². The van der Waals surface area contributed by atoms with E-state index in [4.69, 9.17) is 0 Å². The second-order valence-electron chi connectivity index (χ2n) is 3.24. The van der Waals surface area contributed by atoms with Gasteiger partial charge in [0.15, 0.2) is 5.78 Å². The molecule has 1 rings (SSSR count). The van der Waals surface area contributed by atoms with Crippen LogP contribution in [-0.4, -0.2) is 18.9 Å². The number of carbonyl (C=O) groups excluding carboxylic acids is 1. The Balaban J connectivity index is 3.04. The number of likely N-dealkylation sites (N-methyl/N-ethyl adjacent to an activating group) is 1. The van der Waals surface area contributed by atoms with Crippen LogP contribution in [0.15, 0.2) is 18.2 Å². The molecule has 15 heavy (non-hydrogen) atoms. The largest absolute Gasteiger partial charge is 0.310 e. The number of halogens is 2. The highest BCUT2D eigenvalue weighted by Gasteiger charge is 2.20. The van der Waals surface area contributed by atoms with Crippen LogP contribution in [0.5, 0.6) is 0 Å². The van der Waals surface area contributed by atoms with Crippen LogP contribution in [0.4, 0.5) is 8.78 Å². The van der Waals surface area contributed by atoms with Gasteiger partial charge in [-0.3, -0.25) is 4.79 Å². The zero-order valence-electron chi connectivity index (χ0n) is 8.68. The summed E-state index contributed by atoms with van der Waals surface area (Å²) in [5.41, 5.74) is -0.198. The fourth-order valence-electron chi connectivity index (χ4n) is 1.39. The van der Waals surface area contributed by atoms with E-state index in [1.807, 2.05) is 0 Å². The van der Waals surface area contributed by atoms with Crippen LogP contribution < -0.4 is 5.32 Å². The van der Waals surface area contributed by atoms with E-state index in [2.05, 4.69) is 5.32 Å². The molecular weight excluding hydrogens is 200 g/mol. The number of hydrogen-bond donors (Lipinski definition) is 1. The molecule has 1 aromatic rings. The maximum Gasteiger partial charge on any atom is 0.182 e. The van der Waals surface area contributed by atoms with Gasteiger partial charge in [0.05, 0.1) is 11.6 Å². The van der Waals surface area contributed by atoms with Crippen molar-refractivity contribution in [2.75, 3.05) is 7.05 Å². The fourth-order valence-corrected chi connectivity index (χ4v) is 1.39. The molecule has 1 atom stereocenters. The van der Waals surface area contributed by atoms with Gasteiger partial charge in [0.1, 0.15) is 11.6 Å². The summed E-state index contributed by atoms with van der Waals surface area (Å²) in [5, 5.41) is 2.76. The number of nitrogens with one attached hydrogen (secondary N) is 1. The predicted molar refractivity (Wildman–Crippen MR) is 53.8 cm³/mol. The van der Waals surface area contributed by atoms with Crippen molar-refractivity contribution in [1.29, 1.82) is 0 Å². The number of hydrogen-bond acceptors (Lipinski definition) is 2. The van der Waals surface area contributed by atoms with Crippen molar-refractivity contribution in [3.8, 4) is 0 Å². The molecule has 82 valence electrons. The van der Waals surface area contributed by atoms with E-state index in [1.165, 1.54) is 0 Å². The quantitative estimate of drug-likeness (QED) is 0.776. The molecule has 0 spiro atoms. The Kier molecular flexibility index (Phi) is 3.91. The zero-order chi connectivity index (χ0) is 11.4. The molecule has 2 nitrogen and oxygen atoms in total. The fraction of sp³-hybridized carbons (Fsp3) is 0.364. The maximum absolute atomic E-state index is 13.2. The zero-order valence-corrected chi connectivity index (χ0v) is 8.68. The summed E-state index contributed by atoms with van der Waals surface area (Å²) < 4.78 is 26.1. The summed E-state index contributed by atoms with van der Waals surface area (Å²) in [7, 11) is 1.61. The van der Waals surface area contributed by atoms with Gasteiger partial charge in [0.2, 0.25) is 0 Å². The number of rotatable bonds is 4. The van der Waals surface area contributed by atoms with E-state index >= 15 is 0 Å². The Morgan fingerprint density at radius 2 is 2.13 bits per heavy atom. The van der Waals surface area contributed by atoms with Gasteiger partial charge in [0.25, 0.3) is 0 Å². The molecule has 0 aromatic heterocycles. The average Bonchev–Trinajstić information content (AvgIpc) is 2.23. The molecule has 4 heteroatoms. The molecule has 0 bridgehead atoms. The normalized spacial score (nSPS) is 12.5. The summed E-state index contributed by atoms with van der Waals surface area (Å²) >= 11 is 0. The molecule has 0 aliphatic heterocycles. The smallest absolute Gasteiger partial charge is 0.182 e. The predicted octanol–water partition coefficient (Wildman–Crippen LogP) is 2.15. The lowest BCUT2D eigenvalue weighted by Crippen LogP contribution is -2.33. The highest BCUT2D eigenvalue weighted by Crippen LogP contribution is 2.13. The monoisotopic (exact) mass is 213 g/mol. The number of Topliss-reactive ketones (excluding diaryl/α,β-unsaturated/α-hetero) is 1. The average molecular weight is 213 g/mol. The molecular formula is C11H13F2NO. The van der Waals surface area contributed by atoms with Crippen molar-refractivity contribution in [1.82, 2.24) is 5.32 Å². The third-order valence-electron chi connectivity index (χ3n) is 2.27. The lowest BCUT2D eigenvalue weighted by atomic mass is 10.0. The Morgan fingerprint density at radius 1 is 1.47 bits per heavy atom. The first-order valence-electron chi connectivity index (χ1n) is 4.76. The molecule has 0 radical (unpaired) electrons. The molecule has 0 heterocycles. The van der Waals surface area contributed by atoms with Gasteiger partial charge in [0, 0.05) is 0 Å². The van der Waals surface area contributed by atoms with E-state index < -0.39 is 23.5 Å². The van der Waals surface area contributed by atoms with Gasteiger partial charge in [-0.25, -0.2) is 8.78 Å². The summed E-state index contributed by atoms with van der Waals surface area (Å²) in [4.78, 5) is 11.7. The highest BCUT2D eigenvalue weighted by molar-refractivity contribution is 6.00. The SMILES string of the molecule is CCC(NC)C(=O)c1cc(F)ccc1F. The highest BCUT2D eigenvalue weighted by atomic mass is 19.1. The van der Waals surface area contributed by atoms with Crippen LogP contribution in [0.3, 0.4) is 0 Å². The Bertz CT molecular complexity index is 362. The number of benzene rings is 1. The minimum atomic E-state index is -0.685. The third kappa shape index (κ3) is 2.59. The second kappa shape index (κ2) is 4.98. The maximum atomic E-state index is 13.2. The van der Waals surface area contributed by atoms with Gasteiger partial charge >= 0.3 is 0 Å². The molecule has 1 unspecified atom stereocenters. The van der Waals surface area contributed by atoms with E-state index in [9.17, 15) is 13.6 Å². The van der Waals surface area contributed by atoms with E-state index in [1.54, 1.807) is 14.0 Å². The van der Waals surface area contributed by atoms with Crippen molar-refractivity contribution >= 4 is 5.78 Å². The first kappa shape index (κ1) is 11.8. The molecule has 1 aromatic carbocycles. The van der Waals surface area contributed by atoms with Gasteiger partial charge in [-0.1, -0.05) is 6.92 Å². The van der Waals surface area contributed by atoms with Crippen LogP contribution in [0.2, 0.25) is 0 Å². The van der Waals surface area contributed by atoms with E-state index in [0.29, 0.717) is 6.42 Å². The molecule has 0 aliphatic rings. The first-order chi connectivity index (χ1) is 7.10. The molecule has 0 saturated heterocycles. The number of ketones is 1. The van der Waals surface area contributed by atoms with Gasteiger partial charge in [-0.2, -0.15) is 0 Å². The van der Waals surface area contributed by atoms with E-state index in [-0.39, 0.29) is 5.56 Å². The van der Waals surface area contributed by atoms with Crippen molar-refractivity contribution in [2.24, 2.45) is 0 Å². The van der Waals surface area contributed by atoms with Crippen molar-refractivity contribution in [2.45, 2.75) is 19.4 Å². The van der Waals surface area contributed by atoms with Crippen LogP contribution in [0, 0.1) is 11.6 Å². The Morgan fingerprint density at radius 3 is 2.67 bits per heavy atom. The van der Waals surface area contributed by atoms with E-state index in [0.717, 1.165) is 18.2 Å². The Labute approximate surface area is 87.3 Å². The molecule has 0 aliphatic carbocycles. The molecule has 0 saturated carbocycles. The van der Waals surface area contributed by atoms with Crippen LogP contribution in [0.1, 0.15) is 23.7 Å². The third-order valence-corrected chi connectivity index (χ3v) is 2.27. The van der Waals surface area contributed by atoms with Crippen molar-refractivity contribution in [3.05, 3.63) is 35.4 Å². The number of carbonyl (C=O) groups is 1. The molecule has 1 N–H and O–H groups in total. The van der Waals surface area contributed by atoms with Crippen molar-refractivity contribution in [3.63, 3.8) is 0 Å². The summed E-state index contributed by atoms with van der Waals surface area (Å²) in [6.45, 7) is 1.80. The molecule has 0 fully saturated rings. The summed E-state index contributed by atoms with van der Waals surface area (Å²) in [5.74, 6) is -1.71. The minimum absolute atomic E-state index is 0.198. The van der Waals surface area contributed by atoms with Gasteiger partial charge < -0.3 is 5.32 Å². The summed E-state index contributed by atoms with van der Waals surface area (Å²) in [6, 6.07) is 2.41. The van der Waals surface area contributed by atoms with Crippen molar-refractivity contribution < 1.29 is 13.6 Å². The lowest BCUT2D eigenvalue weighted by molar-refractivity contribution is 0.0940. The van der Waals surface area contributed by atoms with Crippen LogP contribution in [-0.2, 0) is 0 Å². The Hall–Kier alpha value is -1.29. The summed E-state index contributed by atoms with van der Waals surface area (Å²) in [6.07, 6.45) is 0.533. The first-order valence-corrected chi connectivity index (χ1v) is 4.76. The van der Waals surface area contributed by atoms with Gasteiger partial charge in [-0.15, -0.1) is 0 Å². The second-order valence-corrected chi connectivity index (χ2v) is 3.24. The lowest BCUT2D eigenvalue weighted by Gasteiger charge is -2.12. The van der Waals surface area contributed by atoms with Crippen LogP contribution in [0.25, 0.3) is 0 Å². The standard InChI is InChI=1S/C11H13F2NO/c1-3-10(14-2)11(15)8-6-7(12)4-5-9(8)13/h4-6,10,14H,3H2,1-2H3. The topological polar surface area (TPSA) is 29.1 Å². The minimum Gasteiger partial charge on any atom is -0.310 e. The van der Waals surface area contributed by atoms with Gasteiger partial charge in [-0.05, 0) is 31.7 Å².